The number of aliphatic hydroxyl groups is 1. The molecule has 0 aliphatic heterocycles. The van der Waals surface area contributed by atoms with E-state index in [2.05, 4.69) is 37.3 Å². The third-order valence-electron chi connectivity index (χ3n) is 4.36. The minimum Gasteiger partial charge on any atom is -0.396 e. The van der Waals surface area contributed by atoms with Crippen LogP contribution in [-0.4, -0.2) is 30.8 Å². The van der Waals surface area contributed by atoms with Crippen molar-refractivity contribution in [2.75, 3.05) is 6.61 Å². The molecule has 4 rings (SSSR count). The maximum absolute atomic E-state index is 9.26. The van der Waals surface area contributed by atoms with Crippen molar-refractivity contribution in [2.24, 2.45) is 0 Å². The molecule has 1 aromatic carbocycles. The van der Waals surface area contributed by atoms with E-state index in [0.29, 0.717) is 13.0 Å². The van der Waals surface area contributed by atoms with E-state index in [9.17, 15) is 5.11 Å². The molecule has 0 atom stereocenters. The molecule has 0 radical (unpaired) electrons. The molecule has 0 unspecified atom stereocenters. The lowest BCUT2D eigenvalue weighted by Crippen LogP contribution is -2.04. The maximum atomic E-state index is 9.26. The van der Waals surface area contributed by atoms with E-state index >= 15 is 0 Å². The number of rotatable bonds is 6. The van der Waals surface area contributed by atoms with Crippen molar-refractivity contribution in [2.45, 2.75) is 13.0 Å². The van der Waals surface area contributed by atoms with Crippen LogP contribution in [0.1, 0.15) is 6.42 Å². The van der Waals surface area contributed by atoms with Crippen LogP contribution < -0.4 is 0 Å². The Kier molecular flexibility index (Phi) is 4.62. The summed E-state index contributed by atoms with van der Waals surface area (Å²) in [5.74, 6) is 0. The SMILES string of the molecule is OCCCn1cnc(-c2ccccc2)c1-c1cccn1-c1cccnc1. The van der Waals surface area contributed by atoms with Gasteiger partial charge in [0.2, 0.25) is 0 Å². The van der Waals surface area contributed by atoms with Crippen LogP contribution in [0.4, 0.5) is 0 Å². The Hall–Kier alpha value is -3.18. The first-order valence-corrected chi connectivity index (χ1v) is 8.68. The van der Waals surface area contributed by atoms with Gasteiger partial charge in [-0.25, -0.2) is 4.98 Å². The van der Waals surface area contributed by atoms with Gasteiger partial charge in [-0.2, -0.15) is 0 Å². The van der Waals surface area contributed by atoms with Crippen LogP contribution in [0.3, 0.4) is 0 Å². The molecule has 0 saturated heterocycles. The van der Waals surface area contributed by atoms with Gasteiger partial charge in [0.1, 0.15) is 0 Å². The van der Waals surface area contributed by atoms with Crippen LogP contribution in [-0.2, 0) is 6.54 Å². The Morgan fingerprint density at radius 3 is 2.62 bits per heavy atom. The summed E-state index contributed by atoms with van der Waals surface area (Å²) in [6, 6.07) is 18.3. The first-order chi connectivity index (χ1) is 12.9. The standard InChI is InChI=1S/C21H20N4O/c26-14-6-12-24-16-23-20(17-7-2-1-3-8-17)21(24)19-10-5-13-25(19)18-9-4-11-22-15-18/h1-5,7-11,13,15-16,26H,6,12,14H2. The summed E-state index contributed by atoms with van der Waals surface area (Å²) in [7, 11) is 0. The minimum absolute atomic E-state index is 0.155. The van der Waals surface area contributed by atoms with Gasteiger partial charge >= 0.3 is 0 Å². The number of aliphatic hydroxyl groups excluding tert-OH is 1. The van der Waals surface area contributed by atoms with E-state index in [4.69, 9.17) is 0 Å². The fraction of sp³-hybridized carbons (Fsp3) is 0.143. The van der Waals surface area contributed by atoms with Crippen LogP contribution >= 0.6 is 0 Å². The first-order valence-electron chi connectivity index (χ1n) is 8.68. The van der Waals surface area contributed by atoms with Crippen LogP contribution in [0, 0.1) is 0 Å². The van der Waals surface area contributed by atoms with E-state index in [1.165, 1.54) is 0 Å². The average molecular weight is 344 g/mol. The molecule has 26 heavy (non-hydrogen) atoms. The highest BCUT2D eigenvalue weighted by molar-refractivity contribution is 5.78. The van der Waals surface area contributed by atoms with E-state index in [-0.39, 0.29) is 6.61 Å². The van der Waals surface area contributed by atoms with Gasteiger partial charge in [0, 0.05) is 31.1 Å². The molecule has 5 heteroatoms. The van der Waals surface area contributed by atoms with Gasteiger partial charge in [-0.3, -0.25) is 4.98 Å². The largest absolute Gasteiger partial charge is 0.396 e. The highest BCUT2D eigenvalue weighted by Crippen LogP contribution is 2.33. The lowest BCUT2D eigenvalue weighted by atomic mass is 10.1. The zero-order chi connectivity index (χ0) is 17.8. The van der Waals surface area contributed by atoms with Crippen molar-refractivity contribution >= 4 is 0 Å². The number of aryl methyl sites for hydroxylation is 1. The molecule has 0 amide bonds. The Labute approximate surface area is 152 Å². The molecule has 0 aliphatic carbocycles. The summed E-state index contributed by atoms with van der Waals surface area (Å²) in [6.45, 7) is 0.867. The van der Waals surface area contributed by atoms with Crippen LogP contribution in [0.25, 0.3) is 28.3 Å². The molecule has 0 spiro atoms. The molecule has 0 aliphatic rings. The second-order valence-corrected chi connectivity index (χ2v) is 6.05. The molecule has 0 saturated carbocycles. The predicted octanol–water partition coefficient (Wildman–Crippen LogP) is 3.79. The molecule has 4 aromatic rings. The van der Waals surface area contributed by atoms with Gasteiger partial charge in [0.25, 0.3) is 0 Å². The van der Waals surface area contributed by atoms with Crippen molar-refractivity contribution in [1.82, 2.24) is 19.1 Å². The number of hydrogen-bond donors (Lipinski definition) is 1. The summed E-state index contributed by atoms with van der Waals surface area (Å²) >= 11 is 0. The summed E-state index contributed by atoms with van der Waals surface area (Å²) in [6.07, 6.45) is 8.19. The van der Waals surface area contributed by atoms with Crippen molar-refractivity contribution < 1.29 is 5.11 Å². The van der Waals surface area contributed by atoms with Gasteiger partial charge in [0.05, 0.1) is 35.3 Å². The van der Waals surface area contributed by atoms with E-state index in [0.717, 1.165) is 28.3 Å². The van der Waals surface area contributed by atoms with E-state index in [1.807, 2.05) is 55.1 Å². The summed E-state index contributed by atoms with van der Waals surface area (Å²) in [4.78, 5) is 8.92. The highest BCUT2D eigenvalue weighted by atomic mass is 16.3. The molecule has 3 heterocycles. The van der Waals surface area contributed by atoms with Crippen LogP contribution in [0.2, 0.25) is 0 Å². The molecule has 130 valence electrons. The number of pyridine rings is 1. The van der Waals surface area contributed by atoms with Crippen molar-refractivity contribution in [3.8, 4) is 28.3 Å². The Morgan fingerprint density at radius 2 is 1.85 bits per heavy atom. The summed E-state index contributed by atoms with van der Waals surface area (Å²) in [5.41, 5.74) is 5.10. The Bertz CT molecular complexity index is 974. The topological polar surface area (TPSA) is 55.9 Å². The van der Waals surface area contributed by atoms with E-state index < -0.39 is 0 Å². The molecular formula is C21H20N4O. The van der Waals surface area contributed by atoms with Gasteiger partial charge in [-0.1, -0.05) is 30.3 Å². The fourth-order valence-corrected chi connectivity index (χ4v) is 3.16. The zero-order valence-electron chi connectivity index (χ0n) is 14.4. The lowest BCUT2D eigenvalue weighted by Gasteiger charge is -2.13. The monoisotopic (exact) mass is 344 g/mol. The average Bonchev–Trinajstić information content (AvgIpc) is 3.34. The van der Waals surface area contributed by atoms with Gasteiger partial charge in [-0.05, 0) is 30.7 Å². The number of nitrogens with zero attached hydrogens (tertiary/aromatic N) is 4. The number of benzene rings is 1. The maximum Gasteiger partial charge on any atom is 0.0978 e. The number of imidazole rings is 1. The van der Waals surface area contributed by atoms with Crippen molar-refractivity contribution in [1.29, 1.82) is 0 Å². The normalized spacial score (nSPS) is 11.0. The minimum atomic E-state index is 0.155. The quantitative estimate of drug-likeness (QED) is 0.579. The van der Waals surface area contributed by atoms with Crippen LogP contribution in [0.5, 0.6) is 0 Å². The van der Waals surface area contributed by atoms with Crippen molar-refractivity contribution in [3.05, 3.63) is 79.5 Å². The summed E-state index contributed by atoms with van der Waals surface area (Å²) in [5, 5.41) is 9.26. The zero-order valence-corrected chi connectivity index (χ0v) is 14.4. The fourth-order valence-electron chi connectivity index (χ4n) is 3.16. The second kappa shape index (κ2) is 7.37. The second-order valence-electron chi connectivity index (χ2n) is 6.05. The Balaban J connectivity index is 1.88. The lowest BCUT2D eigenvalue weighted by molar-refractivity contribution is 0.280. The third-order valence-corrected chi connectivity index (χ3v) is 4.36. The molecule has 5 nitrogen and oxygen atoms in total. The third kappa shape index (κ3) is 3.05. The molecule has 3 aromatic heterocycles. The van der Waals surface area contributed by atoms with Crippen molar-refractivity contribution in [3.63, 3.8) is 0 Å². The van der Waals surface area contributed by atoms with Gasteiger partial charge < -0.3 is 14.2 Å². The number of aromatic nitrogens is 4. The molecule has 0 bridgehead atoms. The Morgan fingerprint density at radius 1 is 0.962 bits per heavy atom. The smallest absolute Gasteiger partial charge is 0.0978 e. The molecular weight excluding hydrogens is 324 g/mol. The van der Waals surface area contributed by atoms with Gasteiger partial charge in [0.15, 0.2) is 0 Å². The van der Waals surface area contributed by atoms with Crippen LogP contribution in [0.15, 0.2) is 79.5 Å². The predicted molar refractivity (Wildman–Crippen MR) is 102 cm³/mol. The summed E-state index contributed by atoms with van der Waals surface area (Å²) < 4.78 is 4.23. The first kappa shape index (κ1) is 16.3. The molecule has 0 fully saturated rings. The van der Waals surface area contributed by atoms with E-state index in [1.54, 1.807) is 6.20 Å². The molecule has 1 N–H and O–H groups in total. The van der Waals surface area contributed by atoms with Gasteiger partial charge in [-0.15, -0.1) is 0 Å². The number of hydrogen-bond acceptors (Lipinski definition) is 3. The highest BCUT2D eigenvalue weighted by Gasteiger charge is 2.18.